The van der Waals surface area contributed by atoms with Crippen LogP contribution in [0.3, 0.4) is 0 Å². The fourth-order valence-corrected chi connectivity index (χ4v) is 6.31. The van der Waals surface area contributed by atoms with Crippen molar-refractivity contribution in [2.24, 2.45) is 29.6 Å². The summed E-state index contributed by atoms with van der Waals surface area (Å²) in [5, 5.41) is 0. The van der Waals surface area contributed by atoms with Gasteiger partial charge in [0.2, 0.25) is 0 Å². The van der Waals surface area contributed by atoms with E-state index in [1.807, 2.05) is 17.8 Å². The standard InChI is InChI=1S/C16H22N2S/c17-16-15(2-1-3-18-16)19-9-14-12-5-10-4-11(7-12)8-13(14)6-10/h1-3,10-14H,4-9H2,(H2,17,18). The van der Waals surface area contributed by atoms with Crippen molar-refractivity contribution in [2.45, 2.75) is 37.0 Å². The lowest BCUT2D eigenvalue weighted by Gasteiger charge is -2.54. The maximum Gasteiger partial charge on any atom is 0.137 e. The third-order valence-electron chi connectivity index (χ3n) is 5.65. The van der Waals surface area contributed by atoms with E-state index < -0.39 is 0 Å². The largest absolute Gasteiger partial charge is 0.383 e. The van der Waals surface area contributed by atoms with Gasteiger partial charge in [0.25, 0.3) is 0 Å². The molecule has 0 unspecified atom stereocenters. The Morgan fingerprint density at radius 2 is 1.79 bits per heavy atom. The summed E-state index contributed by atoms with van der Waals surface area (Å²) in [5.74, 6) is 7.08. The van der Waals surface area contributed by atoms with Crippen molar-refractivity contribution < 1.29 is 0 Å². The number of hydrogen-bond acceptors (Lipinski definition) is 3. The number of nitrogen functional groups attached to an aromatic ring is 1. The average molecular weight is 274 g/mol. The average Bonchev–Trinajstić information content (AvgIpc) is 2.39. The van der Waals surface area contributed by atoms with Gasteiger partial charge in [-0.05, 0) is 73.8 Å². The third-order valence-corrected chi connectivity index (χ3v) is 6.86. The number of nitrogens with two attached hydrogens (primary N) is 1. The molecule has 4 saturated carbocycles. The van der Waals surface area contributed by atoms with Crippen molar-refractivity contribution in [1.82, 2.24) is 4.98 Å². The predicted octanol–water partition coefficient (Wildman–Crippen LogP) is 3.83. The van der Waals surface area contributed by atoms with Gasteiger partial charge in [-0.2, -0.15) is 0 Å². The molecule has 5 rings (SSSR count). The molecule has 102 valence electrons. The third kappa shape index (κ3) is 2.16. The molecule has 2 N–H and O–H groups in total. The van der Waals surface area contributed by atoms with E-state index in [9.17, 15) is 0 Å². The molecule has 0 aliphatic heterocycles. The van der Waals surface area contributed by atoms with Gasteiger partial charge in [0.15, 0.2) is 0 Å². The molecular formula is C16H22N2S. The molecule has 4 bridgehead atoms. The van der Waals surface area contributed by atoms with Crippen LogP contribution in [0.1, 0.15) is 32.1 Å². The van der Waals surface area contributed by atoms with Gasteiger partial charge in [-0.15, -0.1) is 11.8 Å². The molecule has 3 heteroatoms. The van der Waals surface area contributed by atoms with Gasteiger partial charge in [0.05, 0.1) is 0 Å². The number of hydrogen-bond donors (Lipinski definition) is 1. The fourth-order valence-electron chi connectivity index (χ4n) is 5.02. The SMILES string of the molecule is Nc1ncccc1SCC1C2CC3CC(C2)CC1C3. The number of anilines is 1. The van der Waals surface area contributed by atoms with Crippen molar-refractivity contribution in [2.75, 3.05) is 11.5 Å². The van der Waals surface area contributed by atoms with Crippen LogP contribution in [0.5, 0.6) is 0 Å². The van der Waals surface area contributed by atoms with E-state index in [0.29, 0.717) is 5.82 Å². The highest BCUT2D eigenvalue weighted by molar-refractivity contribution is 7.99. The minimum atomic E-state index is 0.705. The summed E-state index contributed by atoms with van der Waals surface area (Å²) in [4.78, 5) is 5.37. The number of nitrogens with zero attached hydrogens (tertiary/aromatic N) is 1. The summed E-state index contributed by atoms with van der Waals surface area (Å²) in [6.45, 7) is 0. The van der Waals surface area contributed by atoms with Gasteiger partial charge in [0, 0.05) is 16.8 Å². The quantitative estimate of drug-likeness (QED) is 0.851. The van der Waals surface area contributed by atoms with Gasteiger partial charge in [-0.25, -0.2) is 4.98 Å². The van der Waals surface area contributed by atoms with Gasteiger partial charge in [0.1, 0.15) is 5.82 Å². The highest BCUT2D eigenvalue weighted by Gasteiger charge is 2.47. The Morgan fingerprint density at radius 1 is 1.11 bits per heavy atom. The minimum absolute atomic E-state index is 0.705. The molecule has 0 amide bonds. The van der Waals surface area contributed by atoms with E-state index in [1.165, 1.54) is 36.3 Å². The number of rotatable bonds is 3. The smallest absolute Gasteiger partial charge is 0.137 e. The zero-order valence-corrected chi connectivity index (χ0v) is 12.1. The van der Waals surface area contributed by atoms with E-state index in [0.717, 1.165) is 29.6 Å². The van der Waals surface area contributed by atoms with Crippen LogP contribution in [-0.4, -0.2) is 10.7 Å². The van der Waals surface area contributed by atoms with E-state index in [1.54, 1.807) is 12.6 Å². The van der Waals surface area contributed by atoms with Crippen molar-refractivity contribution in [3.05, 3.63) is 18.3 Å². The summed E-state index contributed by atoms with van der Waals surface area (Å²) >= 11 is 1.94. The maximum atomic E-state index is 5.95. The van der Waals surface area contributed by atoms with Crippen LogP contribution in [0.2, 0.25) is 0 Å². The normalized spacial score (nSPS) is 39.7. The fraction of sp³-hybridized carbons (Fsp3) is 0.688. The lowest BCUT2D eigenvalue weighted by atomic mass is 9.52. The second-order valence-corrected chi connectivity index (χ2v) is 7.85. The first-order chi connectivity index (χ1) is 9.29. The molecule has 1 heterocycles. The van der Waals surface area contributed by atoms with Gasteiger partial charge in [-0.3, -0.25) is 0 Å². The van der Waals surface area contributed by atoms with Crippen LogP contribution in [0, 0.1) is 29.6 Å². The summed E-state index contributed by atoms with van der Waals surface area (Å²) in [5.41, 5.74) is 5.95. The topological polar surface area (TPSA) is 38.9 Å². The van der Waals surface area contributed by atoms with E-state index >= 15 is 0 Å². The highest BCUT2D eigenvalue weighted by atomic mass is 32.2. The van der Waals surface area contributed by atoms with Crippen LogP contribution < -0.4 is 5.73 Å². The summed E-state index contributed by atoms with van der Waals surface area (Å²) < 4.78 is 0. The second kappa shape index (κ2) is 4.69. The first kappa shape index (κ1) is 12.1. The molecule has 4 aliphatic carbocycles. The zero-order valence-electron chi connectivity index (χ0n) is 11.3. The van der Waals surface area contributed by atoms with E-state index in [-0.39, 0.29) is 0 Å². The van der Waals surface area contributed by atoms with E-state index in [4.69, 9.17) is 5.73 Å². The predicted molar refractivity (Wildman–Crippen MR) is 79.9 cm³/mol. The van der Waals surface area contributed by atoms with Crippen LogP contribution >= 0.6 is 11.8 Å². The van der Waals surface area contributed by atoms with Gasteiger partial charge >= 0.3 is 0 Å². The van der Waals surface area contributed by atoms with E-state index in [2.05, 4.69) is 11.1 Å². The van der Waals surface area contributed by atoms with Crippen LogP contribution in [0.4, 0.5) is 5.82 Å². The van der Waals surface area contributed by atoms with Gasteiger partial charge < -0.3 is 5.73 Å². The number of pyridine rings is 1. The number of aromatic nitrogens is 1. The van der Waals surface area contributed by atoms with Crippen LogP contribution in [-0.2, 0) is 0 Å². The molecule has 0 radical (unpaired) electrons. The Balaban J connectivity index is 1.45. The van der Waals surface area contributed by atoms with Gasteiger partial charge in [-0.1, -0.05) is 0 Å². The summed E-state index contributed by atoms with van der Waals surface area (Å²) in [6, 6.07) is 4.11. The Kier molecular flexibility index (Phi) is 2.98. The molecule has 4 aliphatic rings. The molecular weight excluding hydrogens is 252 g/mol. The van der Waals surface area contributed by atoms with Crippen molar-refractivity contribution in [1.29, 1.82) is 0 Å². The molecule has 4 fully saturated rings. The monoisotopic (exact) mass is 274 g/mol. The molecule has 19 heavy (non-hydrogen) atoms. The van der Waals surface area contributed by atoms with Crippen molar-refractivity contribution in [3.8, 4) is 0 Å². The first-order valence-corrected chi connectivity index (χ1v) is 8.61. The zero-order chi connectivity index (χ0) is 12.8. The van der Waals surface area contributed by atoms with Crippen LogP contribution in [0.25, 0.3) is 0 Å². The Hall–Kier alpha value is -0.700. The molecule has 0 atom stereocenters. The Morgan fingerprint density at radius 3 is 2.42 bits per heavy atom. The Bertz CT molecular complexity index is 446. The molecule has 0 aromatic carbocycles. The molecule has 1 aromatic rings. The maximum absolute atomic E-state index is 5.95. The molecule has 1 aromatic heterocycles. The lowest BCUT2D eigenvalue weighted by molar-refractivity contribution is -0.0261. The molecule has 0 saturated heterocycles. The summed E-state index contributed by atoms with van der Waals surface area (Å²) in [7, 11) is 0. The van der Waals surface area contributed by atoms with Crippen LogP contribution in [0.15, 0.2) is 23.2 Å². The van der Waals surface area contributed by atoms with Crippen molar-refractivity contribution in [3.63, 3.8) is 0 Å². The number of thioether (sulfide) groups is 1. The second-order valence-electron chi connectivity index (χ2n) is 6.79. The summed E-state index contributed by atoms with van der Waals surface area (Å²) in [6.07, 6.45) is 9.38. The van der Waals surface area contributed by atoms with Crippen molar-refractivity contribution >= 4 is 17.6 Å². The Labute approximate surface area is 119 Å². The molecule has 2 nitrogen and oxygen atoms in total. The lowest BCUT2D eigenvalue weighted by Crippen LogP contribution is -2.45. The highest BCUT2D eigenvalue weighted by Crippen LogP contribution is 2.57. The molecule has 0 spiro atoms. The first-order valence-electron chi connectivity index (χ1n) is 7.63. The minimum Gasteiger partial charge on any atom is -0.383 e.